The second-order valence-corrected chi connectivity index (χ2v) is 6.44. The Bertz CT molecular complexity index is 563. The van der Waals surface area contributed by atoms with Crippen molar-refractivity contribution < 1.29 is 13.2 Å². The molecule has 1 amide bonds. The normalized spacial score (nSPS) is 12.2. The van der Waals surface area contributed by atoms with Gasteiger partial charge in [0.2, 0.25) is 15.9 Å². The zero-order valence-electron chi connectivity index (χ0n) is 11.7. The minimum atomic E-state index is -3.55. The van der Waals surface area contributed by atoms with Crippen LogP contribution in [0.25, 0.3) is 0 Å². The third kappa shape index (κ3) is 4.59. The van der Waals surface area contributed by atoms with Crippen LogP contribution in [0.3, 0.4) is 0 Å². The molecular formula is C13H21N3O3S. The average molecular weight is 299 g/mol. The van der Waals surface area contributed by atoms with E-state index in [0.717, 1.165) is 0 Å². The van der Waals surface area contributed by atoms with Gasteiger partial charge in [-0.05, 0) is 30.5 Å². The number of primary sulfonamides is 1. The second-order valence-electron chi connectivity index (χ2n) is 4.82. The summed E-state index contributed by atoms with van der Waals surface area (Å²) in [5.74, 6) is -0.479. The van der Waals surface area contributed by atoms with Crippen molar-refractivity contribution in [2.24, 2.45) is 10.9 Å². The maximum atomic E-state index is 12.1. The van der Waals surface area contributed by atoms with E-state index in [4.69, 9.17) is 10.9 Å². The molecule has 7 heteroatoms. The molecular weight excluding hydrogens is 278 g/mol. The molecule has 0 aliphatic heterocycles. The molecule has 0 heterocycles. The van der Waals surface area contributed by atoms with E-state index in [1.807, 2.05) is 13.8 Å². The molecule has 5 N–H and O–H groups in total. The van der Waals surface area contributed by atoms with E-state index >= 15 is 0 Å². The Morgan fingerprint density at radius 1 is 1.20 bits per heavy atom. The summed E-state index contributed by atoms with van der Waals surface area (Å²) in [5, 5.41) is 7.70. The van der Waals surface area contributed by atoms with E-state index in [9.17, 15) is 13.2 Å². The number of nitrogens with two attached hydrogens (primary N) is 2. The SMILES string of the molecule is CCC(N)(CC)C(=O)Nc1ccc(CS(N)(=O)=O)cc1. The maximum Gasteiger partial charge on any atom is 0.244 e. The summed E-state index contributed by atoms with van der Waals surface area (Å²) in [4.78, 5) is 12.1. The lowest BCUT2D eigenvalue weighted by Crippen LogP contribution is -2.50. The van der Waals surface area contributed by atoms with E-state index in [-0.39, 0.29) is 11.7 Å². The first-order chi connectivity index (χ1) is 9.20. The lowest BCUT2D eigenvalue weighted by Gasteiger charge is -2.25. The number of amides is 1. The average Bonchev–Trinajstić information content (AvgIpc) is 2.38. The monoisotopic (exact) mass is 299 g/mol. The second kappa shape index (κ2) is 6.34. The topological polar surface area (TPSA) is 115 Å². The predicted octanol–water partition coefficient (Wildman–Crippen LogP) is 0.931. The third-order valence-corrected chi connectivity index (χ3v) is 4.03. The number of sulfonamides is 1. The lowest BCUT2D eigenvalue weighted by atomic mass is 9.93. The largest absolute Gasteiger partial charge is 0.324 e. The van der Waals surface area contributed by atoms with E-state index in [1.54, 1.807) is 24.3 Å². The van der Waals surface area contributed by atoms with Crippen molar-refractivity contribution >= 4 is 21.6 Å². The molecule has 0 saturated carbocycles. The molecule has 0 aromatic heterocycles. The Labute approximate surface area is 119 Å². The first kappa shape index (κ1) is 16.6. The van der Waals surface area contributed by atoms with Gasteiger partial charge in [0.1, 0.15) is 0 Å². The highest BCUT2D eigenvalue weighted by atomic mass is 32.2. The molecule has 0 bridgehead atoms. The fourth-order valence-corrected chi connectivity index (χ4v) is 2.40. The summed E-state index contributed by atoms with van der Waals surface area (Å²) < 4.78 is 21.9. The van der Waals surface area contributed by atoms with Crippen LogP contribution in [-0.4, -0.2) is 19.9 Å². The summed E-state index contributed by atoms with van der Waals surface area (Å²) in [5.41, 5.74) is 6.24. The number of hydrogen-bond donors (Lipinski definition) is 3. The maximum absolute atomic E-state index is 12.1. The van der Waals surface area contributed by atoms with Crippen LogP contribution in [0.4, 0.5) is 5.69 Å². The van der Waals surface area contributed by atoms with Crippen molar-refractivity contribution in [3.05, 3.63) is 29.8 Å². The molecule has 6 nitrogen and oxygen atoms in total. The van der Waals surface area contributed by atoms with Gasteiger partial charge in [-0.2, -0.15) is 0 Å². The summed E-state index contributed by atoms with van der Waals surface area (Å²) in [7, 11) is -3.55. The van der Waals surface area contributed by atoms with E-state index < -0.39 is 15.6 Å². The molecule has 1 rings (SSSR count). The fourth-order valence-electron chi connectivity index (χ4n) is 1.74. The Kier molecular flexibility index (Phi) is 5.27. The van der Waals surface area contributed by atoms with Gasteiger partial charge in [-0.25, -0.2) is 13.6 Å². The van der Waals surface area contributed by atoms with E-state index in [2.05, 4.69) is 5.32 Å². The Morgan fingerprint density at radius 2 is 1.70 bits per heavy atom. The van der Waals surface area contributed by atoms with Crippen LogP contribution >= 0.6 is 0 Å². The van der Waals surface area contributed by atoms with Crippen LogP contribution in [0.15, 0.2) is 24.3 Å². The lowest BCUT2D eigenvalue weighted by molar-refractivity contribution is -0.121. The van der Waals surface area contributed by atoms with Gasteiger partial charge in [0.05, 0.1) is 11.3 Å². The predicted molar refractivity (Wildman–Crippen MR) is 79.4 cm³/mol. The summed E-state index contributed by atoms with van der Waals surface area (Å²) in [6, 6.07) is 6.47. The smallest absolute Gasteiger partial charge is 0.244 e. The summed E-state index contributed by atoms with van der Waals surface area (Å²) in [6.07, 6.45) is 1.08. The van der Waals surface area contributed by atoms with Crippen LogP contribution in [-0.2, 0) is 20.6 Å². The highest BCUT2D eigenvalue weighted by Gasteiger charge is 2.29. The van der Waals surface area contributed by atoms with Crippen LogP contribution in [0.2, 0.25) is 0 Å². The Hall–Kier alpha value is -1.44. The van der Waals surface area contributed by atoms with Crippen LogP contribution in [0, 0.1) is 0 Å². The zero-order valence-corrected chi connectivity index (χ0v) is 12.5. The van der Waals surface area contributed by atoms with Crippen molar-refractivity contribution in [1.29, 1.82) is 0 Å². The van der Waals surface area contributed by atoms with E-state index in [0.29, 0.717) is 24.1 Å². The molecule has 112 valence electrons. The summed E-state index contributed by atoms with van der Waals surface area (Å²) in [6.45, 7) is 3.72. The number of nitrogens with one attached hydrogen (secondary N) is 1. The van der Waals surface area contributed by atoms with Crippen LogP contribution in [0.1, 0.15) is 32.3 Å². The van der Waals surface area contributed by atoms with Gasteiger partial charge in [-0.15, -0.1) is 0 Å². The number of carbonyl (C=O) groups is 1. The standard InChI is InChI=1S/C13H21N3O3S/c1-3-13(14,4-2)12(17)16-11-7-5-10(6-8-11)9-20(15,18)19/h5-8H,3-4,9,14H2,1-2H3,(H,16,17)(H2,15,18,19). The van der Waals surface area contributed by atoms with Gasteiger partial charge >= 0.3 is 0 Å². The molecule has 0 aliphatic carbocycles. The molecule has 0 radical (unpaired) electrons. The van der Waals surface area contributed by atoms with Gasteiger partial charge in [-0.1, -0.05) is 26.0 Å². The van der Waals surface area contributed by atoms with Crippen molar-refractivity contribution in [2.45, 2.75) is 38.0 Å². The molecule has 1 aromatic rings. The van der Waals surface area contributed by atoms with Crippen molar-refractivity contribution in [2.75, 3.05) is 5.32 Å². The molecule has 0 unspecified atom stereocenters. The van der Waals surface area contributed by atoms with Crippen molar-refractivity contribution in [1.82, 2.24) is 0 Å². The van der Waals surface area contributed by atoms with Gasteiger partial charge in [0.15, 0.2) is 0 Å². The third-order valence-electron chi connectivity index (χ3n) is 3.29. The van der Waals surface area contributed by atoms with Crippen LogP contribution < -0.4 is 16.2 Å². The molecule has 0 fully saturated rings. The molecule has 0 saturated heterocycles. The minimum absolute atomic E-state index is 0.230. The highest BCUT2D eigenvalue weighted by Crippen LogP contribution is 2.16. The number of anilines is 1. The number of carbonyl (C=O) groups excluding carboxylic acids is 1. The number of rotatable bonds is 6. The van der Waals surface area contributed by atoms with Gasteiger partial charge < -0.3 is 11.1 Å². The molecule has 20 heavy (non-hydrogen) atoms. The van der Waals surface area contributed by atoms with E-state index in [1.165, 1.54) is 0 Å². The fraction of sp³-hybridized carbons (Fsp3) is 0.462. The molecule has 1 aromatic carbocycles. The van der Waals surface area contributed by atoms with Gasteiger partial charge in [0, 0.05) is 5.69 Å². The Balaban J connectivity index is 2.78. The Morgan fingerprint density at radius 3 is 2.10 bits per heavy atom. The highest BCUT2D eigenvalue weighted by molar-refractivity contribution is 7.88. The first-order valence-corrected chi connectivity index (χ1v) is 8.11. The minimum Gasteiger partial charge on any atom is -0.324 e. The van der Waals surface area contributed by atoms with Crippen LogP contribution in [0.5, 0.6) is 0 Å². The first-order valence-electron chi connectivity index (χ1n) is 6.40. The van der Waals surface area contributed by atoms with Crippen molar-refractivity contribution in [3.63, 3.8) is 0 Å². The molecule has 0 spiro atoms. The quantitative estimate of drug-likeness (QED) is 0.724. The van der Waals surface area contributed by atoms with Gasteiger partial charge in [0.25, 0.3) is 0 Å². The van der Waals surface area contributed by atoms with Gasteiger partial charge in [-0.3, -0.25) is 4.79 Å². The zero-order chi connectivity index (χ0) is 15.4. The van der Waals surface area contributed by atoms with Crippen molar-refractivity contribution in [3.8, 4) is 0 Å². The number of hydrogen-bond acceptors (Lipinski definition) is 4. The molecule has 0 aliphatic rings. The summed E-state index contributed by atoms with van der Waals surface area (Å²) >= 11 is 0. The molecule has 0 atom stereocenters. The number of benzene rings is 1.